The zero-order valence-electron chi connectivity index (χ0n) is 22.4. The number of nitrogens with one attached hydrogen (secondary N) is 1. The number of rotatable bonds is 7. The Morgan fingerprint density at radius 2 is 1.76 bits per heavy atom. The lowest BCUT2D eigenvalue weighted by atomic mass is 9.80. The molecule has 2 aliphatic heterocycles. The highest BCUT2D eigenvalue weighted by Gasteiger charge is 2.31. The maximum atomic E-state index is 12.7. The number of anilines is 1. The smallest absolute Gasteiger partial charge is 0.323 e. The van der Waals surface area contributed by atoms with Crippen LogP contribution in [0.25, 0.3) is 0 Å². The lowest BCUT2D eigenvalue weighted by Crippen LogP contribution is -2.59. The number of hydrogen-bond donors (Lipinski definition) is 3. The van der Waals surface area contributed by atoms with Crippen LogP contribution in [-0.4, -0.2) is 90.0 Å². The highest BCUT2D eigenvalue weighted by atomic mass is 16.2. The summed E-state index contributed by atoms with van der Waals surface area (Å²) in [6, 6.07) is 8.79. The maximum absolute atomic E-state index is 12.7. The highest BCUT2D eigenvalue weighted by Crippen LogP contribution is 2.27. The van der Waals surface area contributed by atoms with Gasteiger partial charge in [0.1, 0.15) is 12.5 Å². The van der Waals surface area contributed by atoms with Crippen LogP contribution in [0, 0.1) is 5.92 Å². The standard InChI is InChI=1S/C27H42N8O2/c1-4-32(18-21-15-22(28)16-21)17-20-5-7-23(8-6-20)35-10-9-24(30-19-35)31-26(37)34-13-11-33(12-14-34)25(36)27(2,3)29/h5-10,21-22H,4,11-19,28-29H2,1-3H3,(H,30,31,37). The molecule has 1 aromatic rings. The quantitative estimate of drug-likeness (QED) is 0.511. The number of carbonyl (C=O) groups is 2. The molecule has 10 heteroatoms. The number of aliphatic imine (C=N–C) groups is 1. The number of amidine groups is 1. The van der Waals surface area contributed by atoms with Crippen molar-refractivity contribution in [3.8, 4) is 0 Å². The third-order valence-electron chi connectivity index (χ3n) is 7.36. The molecule has 0 radical (unpaired) electrons. The van der Waals surface area contributed by atoms with Gasteiger partial charge in [0.15, 0.2) is 0 Å². The summed E-state index contributed by atoms with van der Waals surface area (Å²) in [6.07, 6.45) is 6.04. The summed E-state index contributed by atoms with van der Waals surface area (Å²) in [5.74, 6) is 1.17. The van der Waals surface area contributed by atoms with Gasteiger partial charge in [-0.05, 0) is 62.9 Å². The van der Waals surface area contributed by atoms with E-state index in [1.54, 1.807) is 23.6 Å². The Kier molecular flexibility index (Phi) is 8.51. The number of urea groups is 1. The predicted molar refractivity (Wildman–Crippen MR) is 147 cm³/mol. The summed E-state index contributed by atoms with van der Waals surface area (Å²) in [4.78, 5) is 37.5. The van der Waals surface area contributed by atoms with Crippen LogP contribution in [0.3, 0.4) is 0 Å². The van der Waals surface area contributed by atoms with E-state index in [-0.39, 0.29) is 11.9 Å². The molecule has 0 unspecified atom stereocenters. The van der Waals surface area contributed by atoms with E-state index in [0.29, 0.717) is 44.7 Å². The number of hydrogen-bond acceptors (Lipinski definition) is 7. The Labute approximate surface area is 220 Å². The van der Waals surface area contributed by atoms with Crippen LogP contribution in [-0.2, 0) is 11.3 Å². The van der Waals surface area contributed by atoms with Gasteiger partial charge in [0.25, 0.3) is 0 Å². The molecular weight excluding hydrogens is 468 g/mol. The van der Waals surface area contributed by atoms with E-state index in [2.05, 4.69) is 46.4 Å². The average molecular weight is 511 g/mol. The monoisotopic (exact) mass is 510 g/mol. The molecule has 0 aromatic heterocycles. The summed E-state index contributed by atoms with van der Waals surface area (Å²) in [7, 11) is 0. The number of nitrogens with two attached hydrogens (primary N) is 2. The van der Waals surface area contributed by atoms with Gasteiger partial charge >= 0.3 is 6.03 Å². The van der Waals surface area contributed by atoms with Crippen molar-refractivity contribution in [3.63, 3.8) is 0 Å². The van der Waals surface area contributed by atoms with Crippen LogP contribution >= 0.6 is 0 Å². The molecule has 202 valence electrons. The minimum absolute atomic E-state index is 0.0955. The van der Waals surface area contributed by atoms with Crippen molar-refractivity contribution in [3.05, 3.63) is 42.1 Å². The molecule has 37 heavy (non-hydrogen) atoms. The average Bonchev–Trinajstić information content (AvgIpc) is 2.87. The predicted octanol–water partition coefficient (Wildman–Crippen LogP) is 1.53. The molecule has 1 aliphatic carbocycles. The van der Waals surface area contributed by atoms with Crippen molar-refractivity contribution < 1.29 is 9.59 Å². The van der Waals surface area contributed by atoms with Gasteiger partial charge in [0, 0.05) is 57.2 Å². The molecule has 3 amide bonds. The molecule has 2 fully saturated rings. The van der Waals surface area contributed by atoms with Crippen molar-refractivity contribution in [1.29, 1.82) is 0 Å². The first kappa shape index (κ1) is 27.1. The van der Waals surface area contributed by atoms with Crippen molar-refractivity contribution in [2.24, 2.45) is 22.4 Å². The molecule has 0 bridgehead atoms. The van der Waals surface area contributed by atoms with Gasteiger partial charge in [0.2, 0.25) is 5.91 Å². The van der Waals surface area contributed by atoms with E-state index in [4.69, 9.17) is 11.5 Å². The minimum atomic E-state index is -0.904. The van der Waals surface area contributed by atoms with Gasteiger partial charge in [-0.1, -0.05) is 19.1 Å². The summed E-state index contributed by atoms with van der Waals surface area (Å²) in [5, 5.41) is 2.88. The third kappa shape index (κ3) is 7.09. The first-order valence-electron chi connectivity index (χ1n) is 13.3. The summed E-state index contributed by atoms with van der Waals surface area (Å²) in [6.45, 7) is 11.0. The number of benzene rings is 1. The number of piperazine rings is 1. The molecule has 1 saturated heterocycles. The van der Waals surface area contributed by atoms with Gasteiger partial charge < -0.3 is 26.2 Å². The maximum Gasteiger partial charge on any atom is 0.323 e. The van der Waals surface area contributed by atoms with E-state index in [0.717, 1.165) is 44.1 Å². The van der Waals surface area contributed by atoms with Gasteiger partial charge in [-0.25, -0.2) is 9.79 Å². The SMILES string of the molecule is CCN(Cc1ccc(N2C=CC(NC(=O)N3CCN(C(=O)C(C)(C)N)CC3)=NC2)cc1)CC1CC(N)C1. The molecular formula is C27H42N8O2. The number of nitrogens with zero attached hydrogens (tertiary/aromatic N) is 5. The Morgan fingerprint density at radius 1 is 1.11 bits per heavy atom. The Morgan fingerprint density at radius 3 is 2.30 bits per heavy atom. The van der Waals surface area contributed by atoms with Crippen LogP contribution in [0.5, 0.6) is 0 Å². The van der Waals surface area contributed by atoms with Gasteiger partial charge in [-0.2, -0.15) is 0 Å². The van der Waals surface area contributed by atoms with Crippen molar-refractivity contribution in [2.45, 2.75) is 51.7 Å². The first-order chi connectivity index (χ1) is 17.6. The van der Waals surface area contributed by atoms with E-state index >= 15 is 0 Å². The Bertz CT molecular complexity index is 1000. The van der Waals surface area contributed by atoms with E-state index in [1.165, 1.54) is 5.56 Å². The van der Waals surface area contributed by atoms with Gasteiger partial charge in [-0.15, -0.1) is 0 Å². The highest BCUT2D eigenvalue weighted by molar-refractivity contribution is 6.04. The largest absolute Gasteiger partial charge is 0.338 e. The fourth-order valence-corrected chi connectivity index (χ4v) is 5.03. The lowest BCUT2D eigenvalue weighted by Gasteiger charge is -2.37. The normalized spacial score (nSPS) is 22.1. The lowest BCUT2D eigenvalue weighted by molar-refractivity contribution is -0.137. The number of amides is 3. The first-order valence-corrected chi connectivity index (χ1v) is 13.3. The van der Waals surface area contributed by atoms with Crippen LogP contribution in [0.2, 0.25) is 0 Å². The van der Waals surface area contributed by atoms with Gasteiger partial charge in [0.05, 0.1) is 5.54 Å². The second kappa shape index (κ2) is 11.6. The fraction of sp³-hybridized carbons (Fsp3) is 0.593. The van der Waals surface area contributed by atoms with E-state index in [9.17, 15) is 9.59 Å². The summed E-state index contributed by atoms with van der Waals surface area (Å²) in [5.41, 5.74) is 13.3. The summed E-state index contributed by atoms with van der Waals surface area (Å²) >= 11 is 0. The van der Waals surface area contributed by atoms with E-state index in [1.807, 2.05) is 17.2 Å². The molecule has 10 nitrogen and oxygen atoms in total. The molecule has 5 N–H and O–H groups in total. The molecule has 0 spiro atoms. The Balaban J connectivity index is 1.22. The second-order valence-corrected chi connectivity index (χ2v) is 11.0. The second-order valence-electron chi connectivity index (χ2n) is 11.0. The van der Waals surface area contributed by atoms with Crippen LogP contribution in [0.1, 0.15) is 39.2 Å². The van der Waals surface area contributed by atoms with Crippen LogP contribution < -0.4 is 21.7 Å². The molecule has 2 heterocycles. The minimum Gasteiger partial charge on any atom is -0.338 e. The van der Waals surface area contributed by atoms with Crippen LogP contribution in [0.15, 0.2) is 41.5 Å². The molecule has 3 aliphatic rings. The van der Waals surface area contributed by atoms with Crippen molar-refractivity contribution in [2.75, 3.05) is 50.8 Å². The van der Waals surface area contributed by atoms with Crippen molar-refractivity contribution in [1.82, 2.24) is 20.0 Å². The van der Waals surface area contributed by atoms with Crippen LogP contribution in [0.4, 0.5) is 10.5 Å². The Hall–Kier alpha value is -2.95. The molecule has 1 saturated carbocycles. The van der Waals surface area contributed by atoms with Gasteiger partial charge in [-0.3, -0.25) is 15.0 Å². The summed E-state index contributed by atoms with van der Waals surface area (Å²) < 4.78 is 0. The topological polar surface area (TPSA) is 124 Å². The van der Waals surface area contributed by atoms with E-state index < -0.39 is 5.54 Å². The molecule has 0 atom stereocenters. The third-order valence-corrected chi connectivity index (χ3v) is 7.36. The van der Waals surface area contributed by atoms with Crippen molar-refractivity contribution >= 4 is 23.5 Å². The zero-order chi connectivity index (χ0) is 26.6. The zero-order valence-corrected chi connectivity index (χ0v) is 22.4. The number of carbonyl (C=O) groups excluding carboxylic acids is 2. The molecule has 4 rings (SSSR count). The molecule has 1 aromatic carbocycles. The fourth-order valence-electron chi connectivity index (χ4n) is 5.03.